The van der Waals surface area contributed by atoms with E-state index in [9.17, 15) is 14.4 Å². The lowest BCUT2D eigenvalue weighted by atomic mass is 9.94. The minimum absolute atomic E-state index is 0.00563. The molecule has 3 heterocycles. The summed E-state index contributed by atoms with van der Waals surface area (Å²) in [4.78, 5) is 22.3. The number of pyridine rings is 2. The number of aromatic nitrogens is 5. The van der Waals surface area contributed by atoms with Crippen molar-refractivity contribution in [3.63, 3.8) is 0 Å². The summed E-state index contributed by atoms with van der Waals surface area (Å²) in [6, 6.07) is 4.42. The fourth-order valence-corrected chi connectivity index (χ4v) is 3.66. The summed E-state index contributed by atoms with van der Waals surface area (Å²) in [5.74, 6) is -0.759. The van der Waals surface area contributed by atoms with Gasteiger partial charge in [-0.15, -0.1) is 4.80 Å². The van der Waals surface area contributed by atoms with E-state index in [1.54, 1.807) is 6.07 Å². The number of hydrogen-bond donors (Lipinski definition) is 2. The molecule has 0 saturated heterocycles. The summed E-state index contributed by atoms with van der Waals surface area (Å²) < 4.78 is 25.6. The maximum atomic E-state index is 14.9. The van der Waals surface area contributed by atoms with E-state index in [0.29, 0.717) is 23.7 Å². The van der Waals surface area contributed by atoms with E-state index in [0.717, 1.165) is 6.07 Å². The third kappa shape index (κ3) is 7.13. The summed E-state index contributed by atoms with van der Waals surface area (Å²) in [6.07, 6.45) is 5.35. The molecule has 0 saturated carbocycles. The lowest BCUT2D eigenvalue weighted by Crippen LogP contribution is -2.31. The minimum Gasteiger partial charge on any atom is -0.479 e. The second-order valence-corrected chi connectivity index (χ2v) is 9.41. The van der Waals surface area contributed by atoms with Crippen molar-refractivity contribution in [1.29, 1.82) is 5.26 Å². The van der Waals surface area contributed by atoms with Crippen LogP contribution < -0.4 is 15.4 Å². The molecule has 0 bridgehead atoms. The van der Waals surface area contributed by atoms with E-state index in [2.05, 4.69) is 30.8 Å². The van der Waals surface area contributed by atoms with Gasteiger partial charge in [0, 0.05) is 6.04 Å². The summed E-state index contributed by atoms with van der Waals surface area (Å²) in [7, 11) is 1.48. The molecule has 0 unspecified atom stereocenters. The molecule has 0 radical (unpaired) electrons. The number of nitrogens with one attached hydrogen (secondary N) is 2. The van der Waals surface area contributed by atoms with Crippen LogP contribution in [-0.4, -0.2) is 49.7 Å². The van der Waals surface area contributed by atoms with Crippen molar-refractivity contribution >= 4 is 23.3 Å². The first-order chi connectivity index (χ1) is 17.5. The van der Waals surface area contributed by atoms with Gasteiger partial charge in [0.25, 0.3) is 0 Å². The Kier molecular flexibility index (Phi) is 8.60. The maximum Gasteiger partial charge on any atom is 0.306 e. The van der Waals surface area contributed by atoms with E-state index >= 15 is 0 Å². The Morgan fingerprint density at radius 1 is 1.24 bits per heavy atom. The Bertz CT molecular complexity index is 1270. The summed E-state index contributed by atoms with van der Waals surface area (Å²) in [5, 5.41) is 23.8. The van der Waals surface area contributed by atoms with E-state index in [1.165, 1.54) is 30.5 Å². The van der Waals surface area contributed by atoms with Crippen LogP contribution in [0.5, 0.6) is 5.88 Å². The average molecular weight is 511 g/mol. The second-order valence-electron chi connectivity index (χ2n) is 9.41. The van der Waals surface area contributed by atoms with Crippen molar-refractivity contribution in [2.24, 2.45) is 5.92 Å². The monoisotopic (exact) mass is 510 g/mol. The van der Waals surface area contributed by atoms with Crippen LogP contribution in [0.25, 0.3) is 5.69 Å². The lowest BCUT2D eigenvalue weighted by Gasteiger charge is -2.26. The first kappa shape index (κ1) is 27.3. The number of esters is 1. The Hall–Kier alpha value is -4.27. The number of ether oxygens (including phenoxy) is 2. The zero-order valence-electron chi connectivity index (χ0n) is 21.7. The molecule has 11 nitrogen and oxygen atoms in total. The summed E-state index contributed by atoms with van der Waals surface area (Å²) in [6.45, 7) is 9.23. The highest BCUT2D eigenvalue weighted by Gasteiger charge is 2.25. The largest absolute Gasteiger partial charge is 0.479 e. The zero-order chi connectivity index (χ0) is 27.2. The van der Waals surface area contributed by atoms with Crippen molar-refractivity contribution in [1.82, 2.24) is 25.0 Å². The molecule has 3 aromatic heterocycles. The quantitative estimate of drug-likeness (QED) is 0.378. The lowest BCUT2D eigenvalue weighted by molar-refractivity contribution is -0.156. The molecular formula is C25H31FN8O3. The Morgan fingerprint density at radius 3 is 2.54 bits per heavy atom. The average Bonchev–Trinajstić information content (AvgIpc) is 3.38. The number of nitriles is 1. The molecule has 0 aliphatic carbocycles. The SMILES string of the molecule is CC[C@H](CC(=O)OC(C)(C)C)[C@@H](C)Nc1nc(Nc2cnc(OC)c(-n3nccn3)c2)c(C#N)cc1F. The van der Waals surface area contributed by atoms with Gasteiger partial charge in [0.15, 0.2) is 17.5 Å². The molecular weight excluding hydrogens is 479 g/mol. The summed E-state index contributed by atoms with van der Waals surface area (Å²) >= 11 is 0. The predicted octanol–water partition coefficient (Wildman–Crippen LogP) is 4.38. The number of methoxy groups -OCH3 is 1. The van der Waals surface area contributed by atoms with Gasteiger partial charge in [-0.3, -0.25) is 4.79 Å². The fourth-order valence-electron chi connectivity index (χ4n) is 3.66. The van der Waals surface area contributed by atoms with Gasteiger partial charge in [-0.2, -0.15) is 15.5 Å². The third-order valence-electron chi connectivity index (χ3n) is 5.46. The number of carbonyl (C=O) groups excluding carboxylic acids is 1. The normalized spacial score (nSPS) is 12.8. The standard InChI is InChI=1S/C25H31FN8O3/c1-7-16(11-21(35)37-25(3,4)5)15(2)31-23-19(26)10-17(13-27)22(33-23)32-18-12-20(24(36-6)28-14-18)34-29-8-9-30-34/h8-10,12,14-16H,7,11H2,1-6H3,(H2,31,32,33)/t15-,16-/m1/s1. The van der Waals surface area contributed by atoms with Gasteiger partial charge in [-0.25, -0.2) is 14.4 Å². The number of rotatable bonds is 10. The van der Waals surface area contributed by atoms with Gasteiger partial charge < -0.3 is 20.1 Å². The Morgan fingerprint density at radius 2 is 1.95 bits per heavy atom. The van der Waals surface area contributed by atoms with Crippen LogP contribution in [0.3, 0.4) is 0 Å². The number of anilines is 3. The van der Waals surface area contributed by atoms with Gasteiger partial charge in [0.2, 0.25) is 5.88 Å². The van der Waals surface area contributed by atoms with E-state index in [4.69, 9.17) is 9.47 Å². The van der Waals surface area contributed by atoms with Crippen molar-refractivity contribution < 1.29 is 18.7 Å². The van der Waals surface area contributed by atoms with Crippen LogP contribution in [0, 0.1) is 23.1 Å². The highest BCUT2D eigenvalue weighted by molar-refractivity contribution is 5.70. The van der Waals surface area contributed by atoms with Crippen LogP contribution >= 0.6 is 0 Å². The van der Waals surface area contributed by atoms with Gasteiger partial charge in [0.05, 0.1) is 43.4 Å². The smallest absolute Gasteiger partial charge is 0.306 e. The van der Waals surface area contributed by atoms with E-state index in [-0.39, 0.29) is 41.5 Å². The zero-order valence-corrected chi connectivity index (χ0v) is 21.7. The van der Waals surface area contributed by atoms with Gasteiger partial charge in [-0.1, -0.05) is 13.3 Å². The highest BCUT2D eigenvalue weighted by Crippen LogP contribution is 2.28. The minimum atomic E-state index is -0.685. The number of carbonyl (C=O) groups is 1. The number of hydrogen-bond acceptors (Lipinski definition) is 10. The molecule has 2 N–H and O–H groups in total. The Balaban J connectivity index is 1.84. The predicted molar refractivity (Wildman–Crippen MR) is 135 cm³/mol. The van der Waals surface area contributed by atoms with Gasteiger partial charge in [0.1, 0.15) is 17.4 Å². The van der Waals surface area contributed by atoms with Crippen LogP contribution in [0.4, 0.5) is 21.7 Å². The molecule has 196 valence electrons. The molecule has 0 fully saturated rings. The van der Waals surface area contributed by atoms with E-state index < -0.39 is 11.4 Å². The van der Waals surface area contributed by atoms with Crippen molar-refractivity contribution in [2.75, 3.05) is 17.7 Å². The molecule has 0 aliphatic rings. The van der Waals surface area contributed by atoms with Crippen molar-refractivity contribution in [3.8, 4) is 17.6 Å². The van der Waals surface area contributed by atoms with Gasteiger partial charge >= 0.3 is 5.97 Å². The number of nitrogens with zero attached hydrogens (tertiary/aromatic N) is 6. The van der Waals surface area contributed by atoms with Crippen molar-refractivity contribution in [2.45, 2.75) is 59.1 Å². The topological polar surface area (TPSA) is 140 Å². The molecule has 0 amide bonds. The van der Waals surface area contributed by atoms with Gasteiger partial charge in [-0.05, 0) is 45.7 Å². The molecule has 0 spiro atoms. The molecule has 12 heteroatoms. The second kappa shape index (κ2) is 11.6. The molecule has 0 aliphatic heterocycles. The van der Waals surface area contributed by atoms with Crippen LogP contribution in [-0.2, 0) is 9.53 Å². The maximum absolute atomic E-state index is 14.9. The van der Waals surface area contributed by atoms with Crippen LogP contribution in [0.2, 0.25) is 0 Å². The van der Waals surface area contributed by atoms with Crippen LogP contribution in [0.15, 0.2) is 30.7 Å². The molecule has 2 atom stereocenters. The molecule has 3 rings (SSSR count). The molecule has 0 aromatic carbocycles. The summed E-state index contributed by atoms with van der Waals surface area (Å²) in [5.41, 5.74) is 0.333. The highest BCUT2D eigenvalue weighted by atomic mass is 19.1. The fraction of sp³-hybridized carbons (Fsp3) is 0.440. The first-order valence-corrected chi connectivity index (χ1v) is 11.8. The van der Waals surface area contributed by atoms with E-state index in [1.807, 2.05) is 40.7 Å². The first-order valence-electron chi connectivity index (χ1n) is 11.8. The Labute approximate surface area is 215 Å². The van der Waals surface area contributed by atoms with Crippen molar-refractivity contribution in [3.05, 3.63) is 42.1 Å². The number of halogens is 1. The third-order valence-corrected chi connectivity index (χ3v) is 5.46. The molecule has 3 aromatic rings. The molecule has 37 heavy (non-hydrogen) atoms. The van der Waals surface area contributed by atoms with Crippen LogP contribution in [0.1, 0.15) is 53.0 Å².